The van der Waals surface area contributed by atoms with E-state index in [0.29, 0.717) is 23.6 Å². The van der Waals surface area contributed by atoms with Gasteiger partial charge in [-0.15, -0.1) is 0 Å². The summed E-state index contributed by atoms with van der Waals surface area (Å²) in [5, 5.41) is -0.175. The number of ether oxygens (including phenoxy) is 3. The standard InChI is InChI=1S/C19H25NO5S/c1-19(2,10-9-17(21)26-6)20(3)11-12-25-18(22)14-7-8-15(23-4)16(13-14)24-5/h7-8,13H,11-12H2,1-6H3. The molecule has 0 radical (unpaired) electrons. The molecular formula is C19H25NO5S. The van der Waals surface area contributed by atoms with Crippen LogP contribution >= 0.6 is 11.8 Å². The summed E-state index contributed by atoms with van der Waals surface area (Å²) in [5.41, 5.74) is -0.129. The summed E-state index contributed by atoms with van der Waals surface area (Å²) in [5.74, 6) is 6.11. The molecule has 0 bridgehead atoms. The van der Waals surface area contributed by atoms with Crippen LogP contribution in [-0.2, 0) is 9.53 Å². The van der Waals surface area contributed by atoms with Crippen LogP contribution in [0.4, 0.5) is 0 Å². The van der Waals surface area contributed by atoms with Crippen molar-refractivity contribution in [3.8, 4) is 23.3 Å². The van der Waals surface area contributed by atoms with E-state index < -0.39 is 11.5 Å². The lowest BCUT2D eigenvalue weighted by Crippen LogP contribution is -2.42. The Kier molecular flexibility index (Phi) is 8.49. The molecule has 6 nitrogen and oxygen atoms in total. The largest absolute Gasteiger partial charge is 0.493 e. The van der Waals surface area contributed by atoms with Gasteiger partial charge in [0.2, 0.25) is 0 Å². The fourth-order valence-corrected chi connectivity index (χ4v) is 2.10. The highest BCUT2D eigenvalue weighted by atomic mass is 32.2. The average Bonchev–Trinajstić information content (AvgIpc) is 2.65. The van der Waals surface area contributed by atoms with Gasteiger partial charge in [-0.05, 0) is 51.3 Å². The lowest BCUT2D eigenvalue weighted by Gasteiger charge is -2.30. The molecule has 0 unspecified atom stereocenters. The van der Waals surface area contributed by atoms with E-state index in [1.165, 1.54) is 14.2 Å². The number of hydrogen-bond acceptors (Lipinski definition) is 7. The smallest absolute Gasteiger partial charge is 0.338 e. The third kappa shape index (κ3) is 6.28. The molecule has 0 amide bonds. The van der Waals surface area contributed by atoms with Crippen LogP contribution in [0, 0.1) is 11.8 Å². The first-order chi connectivity index (χ1) is 12.2. The van der Waals surface area contributed by atoms with Crippen molar-refractivity contribution >= 4 is 22.8 Å². The second-order valence-corrected chi connectivity index (χ2v) is 6.71. The molecule has 0 N–H and O–H groups in total. The van der Waals surface area contributed by atoms with Crippen molar-refractivity contribution in [1.29, 1.82) is 0 Å². The number of thioether (sulfide) groups is 1. The maximum absolute atomic E-state index is 12.2. The van der Waals surface area contributed by atoms with Crippen LogP contribution in [0.15, 0.2) is 18.2 Å². The van der Waals surface area contributed by atoms with Gasteiger partial charge in [0.05, 0.1) is 25.3 Å². The second kappa shape index (κ2) is 10.1. The predicted octanol–water partition coefficient (Wildman–Crippen LogP) is 2.46. The van der Waals surface area contributed by atoms with E-state index in [1.807, 2.05) is 25.8 Å². The van der Waals surface area contributed by atoms with E-state index in [2.05, 4.69) is 11.8 Å². The summed E-state index contributed by atoms with van der Waals surface area (Å²) in [6, 6.07) is 4.86. The zero-order valence-electron chi connectivity index (χ0n) is 16.0. The highest BCUT2D eigenvalue weighted by Crippen LogP contribution is 2.27. The third-order valence-corrected chi connectivity index (χ3v) is 4.36. The zero-order chi connectivity index (χ0) is 19.7. The summed E-state index contributed by atoms with van der Waals surface area (Å²) in [6.07, 6.45) is 1.70. The number of carbonyl (C=O) groups is 2. The third-order valence-electron chi connectivity index (χ3n) is 3.89. The molecule has 0 atom stereocenters. The minimum atomic E-state index is -0.513. The summed E-state index contributed by atoms with van der Waals surface area (Å²) >= 11 is 1.08. The molecule has 0 aliphatic rings. The topological polar surface area (TPSA) is 65.1 Å². The predicted molar refractivity (Wildman–Crippen MR) is 103 cm³/mol. The van der Waals surface area contributed by atoms with E-state index in [9.17, 15) is 9.59 Å². The Labute approximate surface area is 159 Å². The summed E-state index contributed by atoms with van der Waals surface area (Å²) in [7, 11) is 4.90. The van der Waals surface area contributed by atoms with Crippen LogP contribution in [0.5, 0.6) is 11.5 Å². The number of rotatable bonds is 7. The molecule has 0 aliphatic heterocycles. The van der Waals surface area contributed by atoms with Gasteiger partial charge in [0.15, 0.2) is 11.5 Å². The summed E-state index contributed by atoms with van der Waals surface area (Å²) in [4.78, 5) is 25.4. The van der Waals surface area contributed by atoms with Crippen molar-refractivity contribution in [3.05, 3.63) is 23.8 Å². The molecule has 0 saturated carbocycles. The molecule has 0 aliphatic carbocycles. The number of nitrogens with zero attached hydrogens (tertiary/aromatic N) is 1. The van der Waals surface area contributed by atoms with E-state index in [1.54, 1.807) is 24.5 Å². The van der Waals surface area contributed by atoms with Gasteiger partial charge in [-0.25, -0.2) is 4.79 Å². The minimum Gasteiger partial charge on any atom is -0.493 e. The Morgan fingerprint density at radius 2 is 1.85 bits per heavy atom. The molecule has 142 valence electrons. The maximum atomic E-state index is 12.2. The van der Waals surface area contributed by atoms with Crippen molar-refractivity contribution in [2.75, 3.05) is 40.7 Å². The molecule has 7 heteroatoms. The quantitative estimate of drug-likeness (QED) is 0.533. The van der Waals surface area contributed by atoms with Crippen LogP contribution in [0.1, 0.15) is 24.2 Å². The Bertz CT molecular complexity index is 706. The molecule has 0 aromatic heterocycles. The Balaban J connectivity index is 2.62. The zero-order valence-corrected chi connectivity index (χ0v) is 16.9. The Morgan fingerprint density at radius 1 is 1.19 bits per heavy atom. The van der Waals surface area contributed by atoms with Gasteiger partial charge >= 0.3 is 5.97 Å². The minimum absolute atomic E-state index is 0.175. The number of esters is 1. The fraction of sp³-hybridized carbons (Fsp3) is 0.474. The van der Waals surface area contributed by atoms with Crippen LogP contribution in [0.2, 0.25) is 0 Å². The molecule has 26 heavy (non-hydrogen) atoms. The first-order valence-corrected chi connectivity index (χ1v) is 9.19. The highest BCUT2D eigenvalue weighted by molar-refractivity contribution is 8.13. The lowest BCUT2D eigenvalue weighted by atomic mass is 10.0. The molecule has 1 rings (SSSR count). The summed E-state index contributed by atoms with van der Waals surface area (Å²) < 4.78 is 15.6. The van der Waals surface area contributed by atoms with Crippen LogP contribution in [0.3, 0.4) is 0 Å². The van der Waals surface area contributed by atoms with E-state index >= 15 is 0 Å². The van der Waals surface area contributed by atoms with Gasteiger partial charge in [-0.3, -0.25) is 9.69 Å². The highest BCUT2D eigenvalue weighted by Gasteiger charge is 2.21. The fourth-order valence-electron chi connectivity index (χ4n) is 1.95. The van der Waals surface area contributed by atoms with Crippen molar-refractivity contribution in [2.45, 2.75) is 19.4 Å². The summed E-state index contributed by atoms with van der Waals surface area (Å²) in [6.45, 7) is 4.49. The number of carbonyl (C=O) groups excluding carboxylic acids is 2. The second-order valence-electron chi connectivity index (χ2n) is 5.93. The Morgan fingerprint density at radius 3 is 2.42 bits per heavy atom. The molecular weight excluding hydrogens is 354 g/mol. The first-order valence-electron chi connectivity index (χ1n) is 7.96. The van der Waals surface area contributed by atoms with E-state index in [4.69, 9.17) is 14.2 Å². The van der Waals surface area contributed by atoms with Crippen molar-refractivity contribution in [1.82, 2.24) is 4.90 Å². The normalized spacial score (nSPS) is 10.7. The lowest BCUT2D eigenvalue weighted by molar-refractivity contribution is -0.106. The number of methoxy groups -OCH3 is 2. The van der Waals surface area contributed by atoms with Gasteiger partial charge in [0.25, 0.3) is 5.12 Å². The van der Waals surface area contributed by atoms with Crippen molar-refractivity contribution in [3.63, 3.8) is 0 Å². The maximum Gasteiger partial charge on any atom is 0.338 e. The molecule has 1 aromatic carbocycles. The van der Waals surface area contributed by atoms with Gasteiger partial charge in [0, 0.05) is 6.54 Å². The first kappa shape index (κ1) is 21.9. The molecule has 0 spiro atoms. The van der Waals surface area contributed by atoms with Crippen LogP contribution in [-0.4, -0.2) is 62.2 Å². The number of hydrogen-bond donors (Lipinski definition) is 0. The number of likely N-dealkylation sites (N-methyl/N-ethyl adjacent to an activating group) is 1. The van der Waals surface area contributed by atoms with Crippen LogP contribution < -0.4 is 9.47 Å². The molecule has 0 saturated heterocycles. The molecule has 1 aromatic rings. The van der Waals surface area contributed by atoms with Gasteiger partial charge in [-0.1, -0.05) is 17.7 Å². The van der Waals surface area contributed by atoms with Gasteiger partial charge < -0.3 is 14.2 Å². The van der Waals surface area contributed by atoms with Gasteiger partial charge in [-0.2, -0.15) is 0 Å². The Hall–Kier alpha value is -2.17. The van der Waals surface area contributed by atoms with Crippen LogP contribution in [0.25, 0.3) is 0 Å². The number of benzene rings is 1. The van der Waals surface area contributed by atoms with E-state index in [0.717, 1.165) is 11.8 Å². The van der Waals surface area contributed by atoms with Gasteiger partial charge in [0.1, 0.15) is 6.61 Å². The van der Waals surface area contributed by atoms with Crippen molar-refractivity contribution in [2.24, 2.45) is 0 Å². The average molecular weight is 379 g/mol. The molecule has 0 fully saturated rings. The van der Waals surface area contributed by atoms with Crippen molar-refractivity contribution < 1.29 is 23.8 Å². The monoisotopic (exact) mass is 379 g/mol. The molecule has 0 heterocycles. The SMILES string of the molecule is COc1ccc(C(=O)OCCN(C)C(C)(C)C#CC(=O)SC)cc1OC. The van der Waals surface area contributed by atoms with E-state index in [-0.39, 0.29) is 11.7 Å².